The van der Waals surface area contributed by atoms with E-state index in [4.69, 9.17) is 0 Å². The van der Waals surface area contributed by atoms with Gasteiger partial charge in [-0.1, -0.05) is 36.4 Å². The standard InChI is InChI=1S/C21H26N4S/c1-24(13-11-17-6-3-2-4-7-17)19-8-5-12-25(16-19)15-18-9-10-20-21(14-18)23-26-22-20/h2-4,6-7,9-10,14,19H,5,8,11-13,15-16H2,1H3/t19-/m0/s1. The monoisotopic (exact) mass is 366 g/mol. The van der Waals surface area contributed by atoms with Gasteiger partial charge in [0.1, 0.15) is 11.0 Å². The number of hydrogen-bond donors (Lipinski definition) is 0. The van der Waals surface area contributed by atoms with Crippen LogP contribution in [0.3, 0.4) is 0 Å². The highest BCUT2D eigenvalue weighted by molar-refractivity contribution is 7.00. The van der Waals surface area contributed by atoms with Crippen LogP contribution in [-0.2, 0) is 13.0 Å². The van der Waals surface area contributed by atoms with Crippen molar-refractivity contribution in [1.29, 1.82) is 0 Å². The SMILES string of the molecule is CN(CCc1ccccc1)[C@H]1CCCN(Cc2ccc3nsnc3c2)C1. The van der Waals surface area contributed by atoms with E-state index in [-0.39, 0.29) is 0 Å². The molecule has 5 heteroatoms. The molecule has 4 nitrogen and oxygen atoms in total. The van der Waals surface area contributed by atoms with Gasteiger partial charge < -0.3 is 4.90 Å². The highest BCUT2D eigenvalue weighted by atomic mass is 32.1. The molecule has 2 heterocycles. The van der Waals surface area contributed by atoms with Gasteiger partial charge in [0.05, 0.1) is 11.7 Å². The van der Waals surface area contributed by atoms with E-state index in [0.717, 1.165) is 37.1 Å². The lowest BCUT2D eigenvalue weighted by molar-refractivity contribution is 0.112. The zero-order chi connectivity index (χ0) is 17.8. The largest absolute Gasteiger partial charge is 0.302 e. The van der Waals surface area contributed by atoms with Crippen LogP contribution in [0.15, 0.2) is 48.5 Å². The van der Waals surface area contributed by atoms with Crippen LogP contribution >= 0.6 is 11.7 Å². The molecule has 1 aliphatic heterocycles. The molecule has 0 radical (unpaired) electrons. The molecule has 0 saturated carbocycles. The van der Waals surface area contributed by atoms with Gasteiger partial charge in [0.25, 0.3) is 0 Å². The summed E-state index contributed by atoms with van der Waals surface area (Å²) in [6.07, 6.45) is 3.71. The lowest BCUT2D eigenvalue weighted by Crippen LogP contribution is -2.46. The maximum absolute atomic E-state index is 4.37. The molecule has 0 N–H and O–H groups in total. The Kier molecular flexibility index (Phi) is 5.58. The van der Waals surface area contributed by atoms with Crippen LogP contribution in [0.1, 0.15) is 24.0 Å². The van der Waals surface area contributed by atoms with Gasteiger partial charge in [-0.3, -0.25) is 4.90 Å². The van der Waals surface area contributed by atoms with E-state index < -0.39 is 0 Å². The van der Waals surface area contributed by atoms with Crippen molar-refractivity contribution in [3.63, 3.8) is 0 Å². The third kappa shape index (κ3) is 4.29. The van der Waals surface area contributed by atoms with Gasteiger partial charge >= 0.3 is 0 Å². The number of rotatable bonds is 6. The fraction of sp³-hybridized carbons (Fsp3) is 0.429. The van der Waals surface area contributed by atoms with Crippen molar-refractivity contribution in [3.05, 3.63) is 59.7 Å². The van der Waals surface area contributed by atoms with Gasteiger partial charge in [-0.05, 0) is 56.1 Å². The third-order valence-corrected chi connectivity index (χ3v) is 5.98. The summed E-state index contributed by atoms with van der Waals surface area (Å²) in [5.41, 5.74) is 4.81. The minimum atomic E-state index is 0.650. The second-order valence-corrected chi connectivity index (χ2v) is 7.86. The molecule has 0 aliphatic carbocycles. The number of hydrogen-bond acceptors (Lipinski definition) is 5. The number of likely N-dealkylation sites (N-methyl/N-ethyl adjacent to an activating group) is 1. The zero-order valence-electron chi connectivity index (χ0n) is 15.3. The lowest BCUT2D eigenvalue weighted by Gasteiger charge is -2.37. The molecular formula is C21H26N4S. The van der Waals surface area contributed by atoms with Gasteiger partial charge in [-0.2, -0.15) is 8.75 Å². The van der Waals surface area contributed by atoms with Crippen LogP contribution in [0.2, 0.25) is 0 Å². The average molecular weight is 367 g/mol. The first-order valence-electron chi connectivity index (χ1n) is 9.46. The van der Waals surface area contributed by atoms with E-state index in [9.17, 15) is 0 Å². The Morgan fingerprint density at radius 1 is 1.08 bits per heavy atom. The molecule has 136 valence electrons. The first-order valence-corrected chi connectivity index (χ1v) is 10.2. The Labute approximate surface area is 159 Å². The summed E-state index contributed by atoms with van der Waals surface area (Å²) >= 11 is 1.30. The van der Waals surface area contributed by atoms with Crippen LogP contribution in [0.5, 0.6) is 0 Å². The minimum Gasteiger partial charge on any atom is -0.302 e. The topological polar surface area (TPSA) is 32.3 Å². The zero-order valence-corrected chi connectivity index (χ0v) is 16.2. The highest BCUT2D eigenvalue weighted by Gasteiger charge is 2.23. The summed E-state index contributed by atoms with van der Waals surface area (Å²) in [7, 11) is 2.28. The Hall–Kier alpha value is -1.82. The van der Waals surface area contributed by atoms with Crippen molar-refractivity contribution < 1.29 is 0 Å². The predicted molar refractivity (Wildman–Crippen MR) is 108 cm³/mol. The molecule has 26 heavy (non-hydrogen) atoms. The smallest absolute Gasteiger partial charge is 0.105 e. The summed E-state index contributed by atoms with van der Waals surface area (Å²) in [6, 6.07) is 18.0. The van der Waals surface area contributed by atoms with E-state index in [0.29, 0.717) is 6.04 Å². The van der Waals surface area contributed by atoms with Crippen LogP contribution in [0.4, 0.5) is 0 Å². The van der Waals surface area contributed by atoms with Gasteiger partial charge in [-0.15, -0.1) is 0 Å². The first kappa shape index (κ1) is 17.6. The Morgan fingerprint density at radius 2 is 1.92 bits per heavy atom. The summed E-state index contributed by atoms with van der Waals surface area (Å²) in [5, 5.41) is 0. The van der Waals surface area contributed by atoms with E-state index in [1.807, 2.05) is 0 Å². The third-order valence-electron chi connectivity index (χ3n) is 5.42. The highest BCUT2D eigenvalue weighted by Crippen LogP contribution is 2.20. The van der Waals surface area contributed by atoms with E-state index in [1.54, 1.807) is 0 Å². The fourth-order valence-corrected chi connectivity index (χ4v) is 4.37. The molecule has 1 fully saturated rings. The van der Waals surface area contributed by atoms with Gasteiger partial charge in [-0.25, -0.2) is 0 Å². The first-order chi connectivity index (χ1) is 12.8. The second kappa shape index (κ2) is 8.25. The summed E-state index contributed by atoms with van der Waals surface area (Å²) in [6.45, 7) is 4.48. The molecule has 0 bridgehead atoms. The van der Waals surface area contributed by atoms with Crippen molar-refractivity contribution in [3.8, 4) is 0 Å². The van der Waals surface area contributed by atoms with Crippen molar-refractivity contribution in [1.82, 2.24) is 18.5 Å². The summed E-state index contributed by atoms with van der Waals surface area (Å²) in [5.74, 6) is 0. The van der Waals surface area contributed by atoms with Gasteiger partial charge in [0, 0.05) is 25.7 Å². The number of benzene rings is 2. The molecule has 1 aliphatic rings. The molecule has 1 saturated heterocycles. The molecule has 0 amide bonds. The number of nitrogens with zero attached hydrogens (tertiary/aromatic N) is 4. The van der Waals surface area contributed by atoms with E-state index in [2.05, 4.69) is 74.1 Å². The molecular weight excluding hydrogens is 340 g/mol. The predicted octanol–water partition coefficient (Wildman–Crippen LogP) is 3.83. The van der Waals surface area contributed by atoms with Crippen LogP contribution < -0.4 is 0 Å². The Balaban J connectivity index is 1.32. The fourth-order valence-electron chi connectivity index (χ4n) is 3.85. The molecule has 0 spiro atoms. The van der Waals surface area contributed by atoms with Crippen LogP contribution in [0, 0.1) is 0 Å². The van der Waals surface area contributed by atoms with Gasteiger partial charge in [0.2, 0.25) is 0 Å². The van der Waals surface area contributed by atoms with Gasteiger partial charge in [0.15, 0.2) is 0 Å². The Morgan fingerprint density at radius 3 is 2.81 bits per heavy atom. The van der Waals surface area contributed by atoms with Crippen molar-refractivity contribution in [2.75, 3.05) is 26.7 Å². The molecule has 0 unspecified atom stereocenters. The average Bonchev–Trinajstić information content (AvgIpc) is 3.15. The van der Waals surface area contributed by atoms with E-state index in [1.165, 1.54) is 42.2 Å². The molecule has 2 aromatic carbocycles. The maximum atomic E-state index is 4.37. The van der Waals surface area contributed by atoms with Crippen molar-refractivity contribution in [2.24, 2.45) is 0 Å². The van der Waals surface area contributed by atoms with Crippen molar-refractivity contribution >= 4 is 22.8 Å². The number of likely N-dealkylation sites (tertiary alicyclic amines) is 1. The second-order valence-electron chi connectivity index (χ2n) is 7.33. The number of fused-ring (bicyclic) bond motifs is 1. The van der Waals surface area contributed by atoms with Crippen molar-refractivity contribution in [2.45, 2.75) is 31.8 Å². The molecule has 1 aromatic heterocycles. The molecule has 4 rings (SSSR count). The lowest BCUT2D eigenvalue weighted by atomic mass is 10.0. The van der Waals surface area contributed by atoms with Crippen LogP contribution in [-0.4, -0.2) is 51.3 Å². The molecule has 3 aromatic rings. The quantitative estimate of drug-likeness (QED) is 0.664. The maximum Gasteiger partial charge on any atom is 0.105 e. The normalized spacial score (nSPS) is 18.6. The number of piperidine rings is 1. The van der Waals surface area contributed by atoms with Crippen LogP contribution in [0.25, 0.3) is 11.0 Å². The summed E-state index contributed by atoms with van der Waals surface area (Å²) < 4.78 is 8.67. The van der Waals surface area contributed by atoms with E-state index >= 15 is 0 Å². The summed E-state index contributed by atoms with van der Waals surface area (Å²) in [4.78, 5) is 5.14. The molecule has 1 atom stereocenters. The minimum absolute atomic E-state index is 0.650. The Bertz CT molecular complexity index is 832. The number of aromatic nitrogens is 2.